The highest BCUT2D eigenvalue weighted by Crippen LogP contribution is 2.30. The van der Waals surface area contributed by atoms with Crippen LogP contribution in [0, 0.1) is 13.8 Å². The number of aryl methyl sites for hydroxylation is 2. The largest absolute Gasteiger partial charge is 0.306 e. The van der Waals surface area contributed by atoms with Crippen molar-refractivity contribution in [1.82, 2.24) is 9.38 Å². The molecular formula is C21H17Cl2N3O2S. The van der Waals surface area contributed by atoms with Crippen LogP contribution in [-0.4, -0.2) is 17.8 Å². The Bertz CT molecular complexity index is 1330. The van der Waals surface area contributed by atoms with Crippen molar-refractivity contribution >= 4 is 44.6 Å². The van der Waals surface area contributed by atoms with Gasteiger partial charge in [0.2, 0.25) is 0 Å². The van der Waals surface area contributed by atoms with E-state index in [1.807, 2.05) is 48.0 Å². The lowest BCUT2D eigenvalue weighted by Gasteiger charge is -2.11. The molecular weight excluding hydrogens is 429 g/mol. The zero-order chi connectivity index (χ0) is 20.8. The molecule has 0 saturated carbocycles. The van der Waals surface area contributed by atoms with Gasteiger partial charge in [-0.05, 0) is 55.3 Å². The summed E-state index contributed by atoms with van der Waals surface area (Å²) >= 11 is 12.1. The number of benzene rings is 2. The van der Waals surface area contributed by atoms with Crippen molar-refractivity contribution < 1.29 is 8.42 Å². The summed E-state index contributed by atoms with van der Waals surface area (Å²) in [6.45, 7) is 3.73. The van der Waals surface area contributed by atoms with E-state index in [-0.39, 0.29) is 9.92 Å². The van der Waals surface area contributed by atoms with Crippen LogP contribution in [0.5, 0.6) is 0 Å². The van der Waals surface area contributed by atoms with Crippen molar-refractivity contribution in [1.29, 1.82) is 0 Å². The minimum Gasteiger partial charge on any atom is -0.306 e. The van der Waals surface area contributed by atoms with Gasteiger partial charge in [0.1, 0.15) is 10.5 Å². The number of hydrogen-bond donors (Lipinski definition) is 1. The molecule has 0 fully saturated rings. The van der Waals surface area contributed by atoms with Gasteiger partial charge in [-0.3, -0.25) is 4.72 Å². The van der Waals surface area contributed by atoms with Crippen LogP contribution >= 0.6 is 23.2 Å². The van der Waals surface area contributed by atoms with E-state index in [0.717, 1.165) is 22.5 Å². The number of hydrogen-bond acceptors (Lipinski definition) is 3. The first-order chi connectivity index (χ1) is 13.7. The van der Waals surface area contributed by atoms with Gasteiger partial charge in [0.25, 0.3) is 10.0 Å². The Morgan fingerprint density at radius 1 is 0.966 bits per heavy atom. The molecule has 0 amide bonds. The summed E-state index contributed by atoms with van der Waals surface area (Å²) in [6.07, 6.45) is 3.89. The highest BCUT2D eigenvalue weighted by atomic mass is 35.5. The van der Waals surface area contributed by atoms with Crippen molar-refractivity contribution in [2.75, 3.05) is 4.72 Å². The molecule has 4 aromatic rings. The molecule has 0 saturated heterocycles. The number of sulfonamides is 1. The van der Waals surface area contributed by atoms with Crippen LogP contribution in [0.4, 0.5) is 5.69 Å². The minimum atomic E-state index is -3.85. The maximum Gasteiger partial charge on any atom is 0.263 e. The third kappa shape index (κ3) is 3.83. The summed E-state index contributed by atoms with van der Waals surface area (Å²) in [5.74, 6) is 0. The fourth-order valence-electron chi connectivity index (χ4n) is 3.05. The van der Waals surface area contributed by atoms with E-state index in [9.17, 15) is 8.42 Å². The molecule has 0 bridgehead atoms. The van der Waals surface area contributed by atoms with E-state index in [1.54, 1.807) is 19.1 Å². The first-order valence-electron chi connectivity index (χ1n) is 8.78. The number of pyridine rings is 1. The predicted octanol–water partition coefficient (Wildman–Crippen LogP) is 5.73. The average Bonchev–Trinajstić information content (AvgIpc) is 3.10. The van der Waals surface area contributed by atoms with E-state index in [4.69, 9.17) is 23.2 Å². The van der Waals surface area contributed by atoms with Crippen LogP contribution in [0.3, 0.4) is 0 Å². The lowest BCUT2D eigenvalue weighted by molar-refractivity contribution is 0.601. The van der Waals surface area contributed by atoms with Crippen LogP contribution < -0.4 is 4.72 Å². The van der Waals surface area contributed by atoms with E-state index in [0.29, 0.717) is 16.3 Å². The van der Waals surface area contributed by atoms with Crippen molar-refractivity contribution in [2.24, 2.45) is 0 Å². The second-order valence-corrected chi connectivity index (χ2v) is 9.23. The fraction of sp³-hybridized carbons (Fsp3) is 0.0952. The number of nitrogens with one attached hydrogen (secondary N) is 1. The molecule has 0 atom stereocenters. The number of fused-ring (bicyclic) bond motifs is 1. The lowest BCUT2D eigenvalue weighted by Crippen LogP contribution is -2.13. The molecule has 29 heavy (non-hydrogen) atoms. The molecule has 2 heterocycles. The maximum absolute atomic E-state index is 12.7. The van der Waals surface area contributed by atoms with E-state index < -0.39 is 10.0 Å². The summed E-state index contributed by atoms with van der Waals surface area (Å²) in [6, 6.07) is 13.9. The summed E-state index contributed by atoms with van der Waals surface area (Å²) in [5.41, 5.74) is 4.73. The Kier molecular flexibility index (Phi) is 5.02. The molecule has 2 aromatic carbocycles. The summed E-state index contributed by atoms with van der Waals surface area (Å²) in [4.78, 5) is 4.65. The van der Waals surface area contributed by atoms with E-state index in [1.165, 1.54) is 12.1 Å². The molecule has 0 aliphatic carbocycles. The molecule has 0 unspecified atom stereocenters. The van der Waals surface area contributed by atoms with Gasteiger partial charge in [-0.25, -0.2) is 13.4 Å². The van der Waals surface area contributed by atoms with Gasteiger partial charge in [-0.15, -0.1) is 0 Å². The van der Waals surface area contributed by atoms with Crippen LogP contribution in [0.1, 0.15) is 11.1 Å². The summed E-state index contributed by atoms with van der Waals surface area (Å²) in [7, 11) is -3.85. The summed E-state index contributed by atoms with van der Waals surface area (Å²) < 4.78 is 30.0. The Balaban J connectivity index is 1.62. The Morgan fingerprint density at radius 2 is 1.69 bits per heavy atom. The Hall–Kier alpha value is -2.54. The highest BCUT2D eigenvalue weighted by Gasteiger charge is 2.19. The Morgan fingerprint density at radius 3 is 2.38 bits per heavy atom. The smallest absolute Gasteiger partial charge is 0.263 e. The van der Waals surface area contributed by atoms with Gasteiger partial charge in [0.05, 0.1) is 10.7 Å². The van der Waals surface area contributed by atoms with Gasteiger partial charge < -0.3 is 4.40 Å². The first-order valence-corrected chi connectivity index (χ1v) is 11.0. The third-order valence-corrected chi connectivity index (χ3v) is 6.87. The fourth-order valence-corrected chi connectivity index (χ4v) is 4.94. The van der Waals surface area contributed by atoms with E-state index in [2.05, 4.69) is 9.71 Å². The molecule has 4 rings (SSSR count). The summed E-state index contributed by atoms with van der Waals surface area (Å²) in [5, 5.41) is 0.491. The quantitative estimate of drug-likeness (QED) is 0.436. The van der Waals surface area contributed by atoms with Crippen LogP contribution in [0.25, 0.3) is 16.9 Å². The number of halogens is 2. The maximum atomic E-state index is 12.7. The van der Waals surface area contributed by atoms with Crippen LogP contribution in [0.2, 0.25) is 10.0 Å². The van der Waals surface area contributed by atoms with Gasteiger partial charge in [-0.2, -0.15) is 0 Å². The molecule has 5 nitrogen and oxygen atoms in total. The lowest BCUT2D eigenvalue weighted by atomic mass is 10.1. The zero-order valence-corrected chi connectivity index (χ0v) is 18.0. The van der Waals surface area contributed by atoms with Crippen molar-refractivity contribution in [3.63, 3.8) is 0 Å². The third-order valence-electron chi connectivity index (χ3n) is 4.61. The number of aromatic nitrogens is 2. The topological polar surface area (TPSA) is 63.5 Å². The Labute approximate surface area is 179 Å². The second-order valence-electron chi connectivity index (χ2n) is 6.76. The monoisotopic (exact) mass is 445 g/mol. The molecule has 1 N–H and O–H groups in total. The average molecular weight is 446 g/mol. The normalized spacial score (nSPS) is 11.7. The zero-order valence-electron chi connectivity index (χ0n) is 15.6. The number of rotatable bonds is 4. The highest BCUT2D eigenvalue weighted by molar-refractivity contribution is 7.92. The van der Waals surface area contributed by atoms with Crippen molar-refractivity contribution in [3.8, 4) is 11.3 Å². The number of anilines is 1. The number of nitrogens with zero attached hydrogens (tertiary/aromatic N) is 2. The van der Waals surface area contributed by atoms with Gasteiger partial charge >= 0.3 is 0 Å². The molecule has 0 aliphatic rings. The van der Waals surface area contributed by atoms with Crippen LogP contribution in [-0.2, 0) is 10.0 Å². The first kappa shape index (κ1) is 19.8. The molecule has 0 aliphatic heterocycles. The molecule has 0 spiro atoms. The van der Waals surface area contributed by atoms with Gasteiger partial charge in [-0.1, -0.05) is 41.4 Å². The van der Waals surface area contributed by atoms with E-state index >= 15 is 0 Å². The predicted molar refractivity (Wildman–Crippen MR) is 117 cm³/mol. The molecule has 8 heteroatoms. The van der Waals surface area contributed by atoms with Gasteiger partial charge in [0, 0.05) is 28.7 Å². The second kappa shape index (κ2) is 7.37. The van der Waals surface area contributed by atoms with Crippen molar-refractivity contribution in [2.45, 2.75) is 18.7 Å². The molecule has 148 valence electrons. The molecule has 2 aromatic heterocycles. The standard InChI is InChI=1S/C21H17Cl2N3O2S/c1-13-4-3-9-26-12-19(24-21(13)26)15-5-7-16(8-6-15)25-29(27,28)20-10-14(2)17(22)11-18(20)23/h3-12,25H,1-2H3. The van der Waals surface area contributed by atoms with Crippen molar-refractivity contribution in [3.05, 3.63) is 82.1 Å². The van der Waals surface area contributed by atoms with Crippen LogP contribution in [0.15, 0.2) is 65.8 Å². The number of imidazole rings is 1. The minimum absolute atomic E-state index is 0.0130. The van der Waals surface area contributed by atoms with Gasteiger partial charge in [0.15, 0.2) is 0 Å². The molecule has 0 radical (unpaired) electrons. The SMILES string of the molecule is Cc1cc(S(=O)(=O)Nc2ccc(-c3cn4cccc(C)c4n3)cc2)c(Cl)cc1Cl.